The predicted octanol–water partition coefficient (Wildman–Crippen LogP) is 1.47. The second kappa shape index (κ2) is 4.78. The Hall–Kier alpha value is -0.170. The minimum atomic E-state index is -0.556. The highest BCUT2D eigenvalue weighted by Crippen LogP contribution is 2.32. The molecule has 1 aliphatic rings. The van der Waals surface area contributed by atoms with E-state index in [1.54, 1.807) is 0 Å². The van der Waals surface area contributed by atoms with Crippen molar-refractivity contribution < 1.29 is 14.9 Å². The summed E-state index contributed by atoms with van der Waals surface area (Å²) in [6, 6.07) is 8.02. The van der Waals surface area contributed by atoms with Crippen LogP contribution in [0.25, 0.3) is 0 Å². The van der Waals surface area contributed by atoms with E-state index in [1.165, 1.54) is 3.57 Å². The lowest BCUT2D eigenvalue weighted by Gasteiger charge is -2.12. The number of rotatable bonds is 2. The van der Waals surface area contributed by atoms with E-state index in [2.05, 4.69) is 22.6 Å². The van der Waals surface area contributed by atoms with Gasteiger partial charge in [0, 0.05) is 9.99 Å². The van der Waals surface area contributed by atoms with Gasteiger partial charge in [-0.05, 0) is 40.3 Å². The first-order valence-corrected chi connectivity index (χ1v) is 5.98. The zero-order valence-electron chi connectivity index (χ0n) is 8.14. The van der Waals surface area contributed by atoms with Crippen LogP contribution < -0.4 is 0 Å². The van der Waals surface area contributed by atoms with Crippen LogP contribution in [0.15, 0.2) is 24.3 Å². The zero-order chi connectivity index (χ0) is 10.8. The second-order valence-corrected chi connectivity index (χ2v) is 4.95. The van der Waals surface area contributed by atoms with Crippen molar-refractivity contribution in [3.63, 3.8) is 0 Å². The summed E-state index contributed by atoms with van der Waals surface area (Å²) in [4.78, 5) is 0. The molecule has 1 aromatic carbocycles. The van der Waals surface area contributed by atoms with Gasteiger partial charge in [0.15, 0.2) is 0 Å². The number of benzene rings is 1. The molecule has 82 valence electrons. The molecule has 0 amide bonds. The van der Waals surface area contributed by atoms with Crippen LogP contribution in [0.5, 0.6) is 0 Å². The Morgan fingerprint density at radius 2 is 2.00 bits per heavy atom. The fourth-order valence-electron chi connectivity index (χ4n) is 1.79. The third-order valence-corrected chi connectivity index (χ3v) is 3.36. The monoisotopic (exact) mass is 320 g/mol. The molecule has 0 aromatic heterocycles. The number of hydrogen-bond acceptors (Lipinski definition) is 3. The standard InChI is InChI=1S/C11H13IO3/c12-8-3-1-7(2-4-8)10-5-9(14)11(6-13)15-10/h1-4,9-11,13-14H,5-6H2/t9-,10+,11+/m0/s1. The first-order chi connectivity index (χ1) is 7.20. The molecule has 0 saturated carbocycles. The highest BCUT2D eigenvalue weighted by Gasteiger charge is 2.33. The molecule has 0 aliphatic carbocycles. The van der Waals surface area contributed by atoms with Crippen molar-refractivity contribution in [1.82, 2.24) is 0 Å². The lowest BCUT2D eigenvalue weighted by molar-refractivity contribution is -0.0225. The fourth-order valence-corrected chi connectivity index (χ4v) is 2.14. The highest BCUT2D eigenvalue weighted by molar-refractivity contribution is 14.1. The van der Waals surface area contributed by atoms with Crippen LogP contribution >= 0.6 is 22.6 Å². The normalized spacial score (nSPS) is 30.7. The molecule has 15 heavy (non-hydrogen) atoms. The molecule has 2 N–H and O–H groups in total. The maximum atomic E-state index is 9.59. The molecule has 2 rings (SSSR count). The van der Waals surface area contributed by atoms with Gasteiger partial charge in [-0.1, -0.05) is 12.1 Å². The summed E-state index contributed by atoms with van der Waals surface area (Å²) >= 11 is 2.25. The molecule has 0 radical (unpaired) electrons. The predicted molar refractivity (Wildman–Crippen MR) is 64.5 cm³/mol. The quantitative estimate of drug-likeness (QED) is 0.812. The Bertz CT molecular complexity index is 325. The molecule has 3 nitrogen and oxygen atoms in total. The van der Waals surface area contributed by atoms with E-state index in [4.69, 9.17) is 9.84 Å². The Kier molecular flexibility index (Phi) is 3.60. The number of hydrogen-bond donors (Lipinski definition) is 2. The van der Waals surface area contributed by atoms with E-state index >= 15 is 0 Å². The van der Waals surface area contributed by atoms with E-state index < -0.39 is 12.2 Å². The third-order valence-electron chi connectivity index (χ3n) is 2.65. The SMILES string of the molecule is OC[C@H]1O[C@@H](c2ccc(I)cc2)C[C@@H]1O. The Morgan fingerprint density at radius 3 is 2.53 bits per heavy atom. The van der Waals surface area contributed by atoms with Crippen molar-refractivity contribution in [3.8, 4) is 0 Å². The minimum Gasteiger partial charge on any atom is -0.394 e. The van der Waals surface area contributed by atoms with Gasteiger partial charge in [-0.25, -0.2) is 0 Å². The zero-order valence-corrected chi connectivity index (χ0v) is 10.3. The van der Waals surface area contributed by atoms with Crippen LogP contribution in [0, 0.1) is 3.57 Å². The molecule has 0 spiro atoms. The average Bonchev–Trinajstić information content (AvgIpc) is 2.61. The van der Waals surface area contributed by atoms with Crippen LogP contribution in [-0.4, -0.2) is 29.0 Å². The third kappa shape index (κ3) is 2.50. The molecule has 0 bridgehead atoms. The van der Waals surface area contributed by atoms with Crippen molar-refractivity contribution in [2.24, 2.45) is 0 Å². The first-order valence-electron chi connectivity index (χ1n) is 4.90. The number of aliphatic hydroxyl groups is 2. The van der Waals surface area contributed by atoms with Gasteiger partial charge in [0.25, 0.3) is 0 Å². The van der Waals surface area contributed by atoms with Crippen LogP contribution in [0.3, 0.4) is 0 Å². The summed E-state index contributed by atoms with van der Waals surface area (Å²) in [5.41, 5.74) is 1.06. The van der Waals surface area contributed by atoms with E-state index in [0.29, 0.717) is 6.42 Å². The number of aliphatic hydroxyl groups excluding tert-OH is 2. The molecular weight excluding hydrogens is 307 g/mol. The summed E-state index contributed by atoms with van der Waals surface area (Å²) in [7, 11) is 0. The van der Waals surface area contributed by atoms with Crippen molar-refractivity contribution in [3.05, 3.63) is 33.4 Å². The van der Waals surface area contributed by atoms with E-state index in [9.17, 15) is 5.11 Å². The molecule has 1 saturated heterocycles. The van der Waals surface area contributed by atoms with E-state index in [-0.39, 0.29) is 12.7 Å². The molecule has 1 heterocycles. The van der Waals surface area contributed by atoms with Gasteiger partial charge in [-0.3, -0.25) is 0 Å². The van der Waals surface area contributed by atoms with E-state index in [1.807, 2.05) is 24.3 Å². The molecule has 1 aromatic rings. The summed E-state index contributed by atoms with van der Waals surface area (Å²) in [5, 5.41) is 18.5. The van der Waals surface area contributed by atoms with Crippen LogP contribution in [0.1, 0.15) is 18.1 Å². The second-order valence-electron chi connectivity index (χ2n) is 3.70. The van der Waals surface area contributed by atoms with E-state index in [0.717, 1.165) is 5.56 Å². The van der Waals surface area contributed by atoms with Crippen molar-refractivity contribution in [1.29, 1.82) is 0 Å². The summed E-state index contributed by atoms with van der Waals surface area (Å²) < 4.78 is 6.72. The number of ether oxygens (including phenoxy) is 1. The average molecular weight is 320 g/mol. The van der Waals surface area contributed by atoms with Gasteiger partial charge in [-0.15, -0.1) is 0 Å². The molecule has 1 fully saturated rings. The van der Waals surface area contributed by atoms with Gasteiger partial charge in [0.2, 0.25) is 0 Å². The van der Waals surface area contributed by atoms with Crippen molar-refractivity contribution in [2.75, 3.05) is 6.61 Å². The lowest BCUT2D eigenvalue weighted by atomic mass is 10.1. The summed E-state index contributed by atoms with van der Waals surface area (Å²) in [6.45, 7) is -0.123. The summed E-state index contributed by atoms with van der Waals surface area (Å²) in [5.74, 6) is 0. The summed E-state index contributed by atoms with van der Waals surface area (Å²) in [6.07, 6.45) is -0.519. The maximum Gasteiger partial charge on any atom is 0.107 e. The molecule has 1 aliphatic heterocycles. The fraction of sp³-hybridized carbons (Fsp3) is 0.455. The topological polar surface area (TPSA) is 49.7 Å². The number of halogens is 1. The van der Waals surface area contributed by atoms with Crippen LogP contribution in [0.2, 0.25) is 0 Å². The maximum absolute atomic E-state index is 9.59. The Morgan fingerprint density at radius 1 is 1.33 bits per heavy atom. The van der Waals surface area contributed by atoms with Crippen molar-refractivity contribution >= 4 is 22.6 Å². The van der Waals surface area contributed by atoms with Crippen molar-refractivity contribution in [2.45, 2.75) is 24.7 Å². The Labute approximate surface area is 102 Å². The van der Waals surface area contributed by atoms with Gasteiger partial charge in [-0.2, -0.15) is 0 Å². The minimum absolute atomic E-state index is 0.0888. The molecule has 4 heteroatoms. The first kappa shape index (κ1) is 11.3. The molecule has 0 unspecified atom stereocenters. The van der Waals surface area contributed by atoms with Gasteiger partial charge >= 0.3 is 0 Å². The van der Waals surface area contributed by atoms with Gasteiger partial charge in [0.05, 0.1) is 18.8 Å². The van der Waals surface area contributed by atoms with Gasteiger partial charge in [0.1, 0.15) is 6.10 Å². The van der Waals surface area contributed by atoms with Crippen LogP contribution in [-0.2, 0) is 4.74 Å². The molecular formula is C11H13IO3. The highest BCUT2D eigenvalue weighted by atomic mass is 127. The van der Waals surface area contributed by atoms with Gasteiger partial charge < -0.3 is 14.9 Å². The van der Waals surface area contributed by atoms with Crippen LogP contribution in [0.4, 0.5) is 0 Å². The molecule has 3 atom stereocenters. The lowest BCUT2D eigenvalue weighted by Crippen LogP contribution is -2.24. The Balaban J connectivity index is 2.10. The largest absolute Gasteiger partial charge is 0.394 e. The smallest absolute Gasteiger partial charge is 0.107 e.